The van der Waals surface area contributed by atoms with Crippen LogP contribution in [-0.4, -0.2) is 24.3 Å². The number of primary amides is 1. The molecule has 3 amide bonds. The molecule has 6 nitrogen and oxygen atoms in total. The quantitative estimate of drug-likeness (QED) is 0.441. The first-order chi connectivity index (χ1) is 17.8. The molecule has 2 aromatic rings. The second-order valence-corrected chi connectivity index (χ2v) is 11.2. The fourth-order valence-electron chi connectivity index (χ4n) is 6.18. The topological polar surface area (TPSA) is 92.5 Å². The van der Waals surface area contributed by atoms with Crippen molar-refractivity contribution in [2.45, 2.75) is 71.8 Å². The van der Waals surface area contributed by atoms with Crippen molar-refractivity contribution in [3.05, 3.63) is 54.1 Å². The van der Waals surface area contributed by atoms with Gasteiger partial charge in [0.2, 0.25) is 11.8 Å². The monoisotopic (exact) mass is 503 g/mol. The molecule has 0 aromatic heterocycles. The van der Waals surface area contributed by atoms with Crippen molar-refractivity contribution in [3.63, 3.8) is 0 Å². The molecule has 2 aromatic carbocycles. The third-order valence-corrected chi connectivity index (χ3v) is 7.98. The summed E-state index contributed by atoms with van der Waals surface area (Å²) in [6.45, 7) is 6.71. The summed E-state index contributed by atoms with van der Waals surface area (Å²) >= 11 is 0. The van der Waals surface area contributed by atoms with Crippen molar-refractivity contribution in [1.82, 2.24) is 5.32 Å². The van der Waals surface area contributed by atoms with E-state index >= 15 is 0 Å². The summed E-state index contributed by atoms with van der Waals surface area (Å²) in [5.74, 6) is -1.33. The van der Waals surface area contributed by atoms with Gasteiger partial charge in [-0.3, -0.25) is 14.4 Å². The number of hydrogen-bond acceptors (Lipinski definition) is 3. The highest BCUT2D eigenvalue weighted by Gasteiger charge is 2.39. The summed E-state index contributed by atoms with van der Waals surface area (Å²) < 4.78 is 0. The lowest BCUT2D eigenvalue weighted by Crippen LogP contribution is -2.47. The van der Waals surface area contributed by atoms with E-state index in [4.69, 9.17) is 5.73 Å². The van der Waals surface area contributed by atoms with E-state index in [1.165, 1.54) is 12.8 Å². The van der Waals surface area contributed by atoms with Crippen LogP contribution in [0.15, 0.2) is 48.5 Å². The minimum Gasteiger partial charge on any atom is -0.369 e. The fraction of sp³-hybridized carbons (Fsp3) is 0.516. The van der Waals surface area contributed by atoms with Crippen LogP contribution >= 0.6 is 0 Å². The molecule has 1 fully saturated rings. The van der Waals surface area contributed by atoms with E-state index in [0.717, 1.165) is 41.6 Å². The zero-order chi connectivity index (χ0) is 26.5. The molecule has 3 atom stereocenters. The van der Waals surface area contributed by atoms with Gasteiger partial charge in [-0.05, 0) is 54.7 Å². The molecule has 0 spiro atoms. The summed E-state index contributed by atoms with van der Waals surface area (Å²) in [4.78, 5) is 42.4. The Kier molecular flexibility index (Phi) is 8.67. The lowest BCUT2D eigenvalue weighted by molar-refractivity contribution is -0.136. The Balaban J connectivity index is 1.74. The van der Waals surface area contributed by atoms with Crippen LogP contribution in [-0.2, 0) is 14.4 Å². The van der Waals surface area contributed by atoms with E-state index in [-0.39, 0.29) is 17.7 Å². The third kappa shape index (κ3) is 5.89. The molecule has 2 aliphatic rings. The highest BCUT2D eigenvalue weighted by Crippen LogP contribution is 2.41. The van der Waals surface area contributed by atoms with E-state index in [1.807, 2.05) is 68.1 Å². The van der Waals surface area contributed by atoms with Gasteiger partial charge in [-0.25, -0.2) is 0 Å². The number of para-hydroxylation sites is 1. The van der Waals surface area contributed by atoms with Crippen LogP contribution in [0.3, 0.4) is 0 Å². The molecule has 1 saturated carbocycles. The summed E-state index contributed by atoms with van der Waals surface area (Å²) in [6, 6.07) is 15.0. The van der Waals surface area contributed by atoms with Crippen LogP contribution in [0.25, 0.3) is 11.1 Å². The number of fused-ring (bicyclic) bond motifs is 3. The van der Waals surface area contributed by atoms with E-state index in [2.05, 4.69) is 11.4 Å². The number of benzene rings is 2. The molecule has 3 N–H and O–H groups in total. The van der Waals surface area contributed by atoms with Crippen LogP contribution in [0.5, 0.6) is 0 Å². The first-order valence-corrected chi connectivity index (χ1v) is 13.9. The Morgan fingerprint density at radius 2 is 1.65 bits per heavy atom. The van der Waals surface area contributed by atoms with E-state index in [9.17, 15) is 14.4 Å². The van der Waals surface area contributed by atoms with Gasteiger partial charge in [0.05, 0.1) is 5.69 Å². The SMILES string of the molecule is CCC[C@H](C(N)=O)[C@@H](CC(C)C)C(=O)NC1C(=O)N(CC2CCCC2)c2ccccc2-c2ccccc21. The standard InChI is InChI=1S/C31H41N3O3/c1-4-11-25(29(32)35)26(18-20(2)3)30(36)33-28-24-16-8-7-14-22(24)23-15-9-10-17-27(23)34(31(28)37)19-21-12-5-6-13-21/h7-10,14-17,20-21,25-26,28H,4-6,11-13,18-19H2,1-3H3,(H2,32,35)(H,33,36)/t25-,26+,28?/m0/s1. The first-order valence-electron chi connectivity index (χ1n) is 13.9. The predicted molar refractivity (Wildman–Crippen MR) is 148 cm³/mol. The minimum absolute atomic E-state index is 0.118. The van der Waals surface area contributed by atoms with Gasteiger partial charge < -0.3 is 16.0 Å². The van der Waals surface area contributed by atoms with E-state index in [1.54, 1.807) is 0 Å². The predicted octanol–water partition coefficient (Wildman–Crippen LogP) is 5.61. The second-order valence-electron chi connectivity index (χ2n) is 11.2. The van der Waals surface area contributed by atoms with Crippen molar-refractivity contribution >= 4 is 23.4 Å². The molecule has 0 radical (unpaired) electrons. The molecule has 1 aliphatic heterocycles. The van der Waals surface area contributed by atoms with Crippen LogP contribution < -0.4 is 16.0 Å². The molecule has 1 aliphatic carbocycles. The van der Waals surface area contributed by atoms with Crippen LogP contribution in [0, 0.1) is 23.7 Å². The van der Waals surface area contributed by atoms with Crippen molar-refractivity contribution in [2.24, 2.45) is 29.4 Å². The highest BCUT2D eigenvalue weighted by molar-refractivity contribution is 6.06. The Morgan fingerprint density at radius 3 is 2.30 bits per heavy atom. The number of nitrogens with two attached hydrogens (primary N) is 1. The molecule has 37 heavy (non-hydrogen) atoms. The average molecular weight is 504 g/mol. The summed E-state index contributed by atoms with van der Waals surface area (Å²) in [5.41, 5.74) is 9.41. The molecular formula is C31H41N3O3. The molecule has 6 heteroatoms. The van der Waals surface area contributed by atoms with Crippen molar-refractivity contribution in [2.75, 3.05) is 11.4 Å². The summed E-state index contributed by atoms with van der Waals surface area (Å²) in [7, 11) is 0. The maximum atomic E-state index is 14.3. The Bertz CT molecular complexity index is 1120. The molecule has 198 valence electrons. The van der Waals surface area contributed by atoms with Gasteiger partial charge in [-0.1, -0.05) is 82.5 Å². The van der Waals surface area contributed by atoms with Crippen molar-refractivity contribution in [1.29, 1.82) is 0 Å². The number of rotatable bonds is 10. The number of anilines is 1. The minimum atomic E-state index is -0.831. The molecule has 4 rings (SSSR count). The maximum Gasteiger partial charge on any atom is 0.254 e. The Morgan fingerprint density at radius 1 is 1.00 bits per heavy atom. The molecule has 1 heterocycles. The molecule has 1 unspecified atom stereocenters. The van der Waals surface area contributed by atoms with E-state index < -0.39 is 23.8 Å². The number of nitrogens with one attached hydrogen (secondary N) is 1. The smallest absolute Gasteiger partial charge is 0.254 e. The van der Waals surface area contributed by atoms with Gasteiger partial charge in [-0.15, -0.1) is 0 Å². The maximum absolute atomic E-state index is 14.3. The van der Waals surface area contributed by atoms with Gasteiger partial charge in [-0.2, -0.15) is 0 Å². The summed E-state index contributed by atoms with van der Waals surface area (Å²) in [6.07, 6.45) is 6.45. The number of nitrogens with zero attached hydrogens (tertiary/aromatic N) is 1. The van der Waals surface area contributed by atoms with E-state index in [0.29, 0.717) is 25.3 Å². The number of carbonyl (C=O) groups is 3. The normalized spacial score (nSPS) is 19.2. The Hall–Kier alpha value is -3.15. The Labute approximate surface area is 221 Å². The molecular weight excluding hydrogens is 462 g/mol. The van der Waals surface area contributed by atoms with Gasteiger partial charge in [0.25, 0.3) is 5.91 Å². The van der Waals surface area contributed by atoms with Crippen LogP contribution in [0.4, 0.5) is 5.69 Å². The zero-order valence-corrected chi connectivity index (χ0v) is 22.4. The fourth-order valence-corrected chi connectivity index (χ4v) is 6.18. The highest BCUT2D eigenvalue weighted by atomic mass is 16.2. The molecule has 0 bridgehead atoms. The number of hydrogen-bond donors (Lipinski definition) is 2. The van der Waals surface area contributed by atoms with Crippen LogP contribution in [0.2, 0.25) is 0 Å². The van der Waals surface area contributed by atoms with Gasteiger partial charge >= 0.3 is 0 Å². The third-order valence-electron chi connectivity index (χ3n) is 7.98. The van der Waals surface area contributed by atoms with Gasteiger partial charge in [0, 0.05) is 23.9 Å². The molecule has 0 saturated heterocycles. The average Bonchev–Trinajstić information content (AvgIpc) is 3.37. The van der Waals surface area contributed by atoms with Gasteiger partial charge in [0.15, 0.2) is 0 Å². The van der Waals surface area contributed by atoms with Crippen molar-refractivity contribution in [3.8, 4) is 11.1 Å². The van der Waals surface area contributed by atoms with Gasteiger partial charge in [0.1, 0.15) is 6.04 Å². The first kappa shape index (κ1) is 26.9. The number of amides is 3. The van der Waals surface area contributed by atoms with Crippen LogP contribution in [0.1, 0.15) is 77.3 Å². The van der Waals surface area contributed by atoms with Crippen molar-refractivity contribution < 1.29 is 14.4 Å². The second kappa shape index (κ2) is 11.9. The summed E-state index contributed by atoms with van der Waals surface area (Å²) in [5, 5.41) is 3.12. The lowest BCUT2D eigenvalue weighted by Gasteiger charge is -2.31. The largest absolute Gasteiger partial charge is 0.369 e. The zero-order valence-electron chi connectivity index (χ0n) is 22.4. The number of carbonyl (C=O) groups excluding carboxylic acids is 3. The lowest BCUT2D eigenvalue weighted by atomic mass is 9.81.